The smallest absolute Gasteiger partial charge is 0.115 e. The molecule has 1 unspecified atom stereocenters. The Hall–Kier alpha value is -1.46. The van der Waals surface area contributed by atoms with E-state index >= 15 is 0 Å². The lowest BCUT2D eigenvalue weighted by Crippen LogP contribution is -2.26. The topological polar surface area (TPSA) is 55.6 Å². The molecule has 114 valence electrons. The van der Waals surface area contributed by atoms with Crippen molar-refractivity contribution < 1.29 is 0 Å². The van der Waals surface area contributed by atoms with Gasteiger partial charge in [-0.25, -0.2) is 9.97 Å². The van der Waals surface area contributed by atoms with E-state index in [1.54, 1.807) is 12.5 Å². The number of nitrogens with zero attached hydrogens (tertiary/aromatic N) is 4. The second-order valence-corrected chi connectivity index (χ2v) is 5.41. The largest absolute Gasteiger partial charge is 0.308 e. The van der Waals surface area contributed by atoms with Crippen LogP contribution < -0.4 is 5.32 Å². The lowest BCUT2D eigenvalue weighted by molar-refractivity contribution is 0.501. The normalized spacial score (nSPS) is 12.6. The number of aryl methyl sites for hydroxylation is 2. The highest BCUT2D eigenvalue weighted by Crippen LogP contribution is 2.25. The van der Waals surface area contributed by atoms with Crippen LogP contribution in [0.25, 0.3) is 0 Å². The Balaban J connectivity index is 2.25. The Morgan fingerprint density at radius 2 is 2.19 bits per heavy atom. The first-order valence-electron chi connectivity index (χ1n) is 7.36. The Morgan fingerprint density at radius 1 is 1.38 bits per heavy atom. The zero-order chi connectivity index (χ0) is 15.2. The number of aromatic nitrogens is 4. The van der Waals surface area contributed by atoms with Crippen LogP contribution in [0.5, 0.6) is 0 Å². The third-order valence-electron chi connectivity index (χ3n) is 3.50. The molecule has 0 radical (unpaired) electrons. The van der Waals surface area contributed by atoms with Crippen LogP contribution in [0.3, 0.4) is 0 Å². The summed E-state index contributed by atoms with van der Waals surface area (Å²) in [7, 11) is 1.94. The van der Waals surface area contributed by atoms with Crippen LogP contribution >= 0.6 is 11.6 Å². The van der Waals surface area contributed by atoms with Crippen LogP contribution in [0, 0.1) is 0 Å². The Labute approximate surface area is 130 Å². The lowest BCUT2D eigenvalue weighted by atomic mass is 10.1. The highest BCUT2D eigenvalue weighted by atomic mass is 35.5. The summed E-state index contributed by atoms with van der Waals surface area (Å²) < 4.78 is 1.88. The van der Waals surface area contributed by atoms with Gasteiger partial charge in [0.2, 0.25) is 0 Å². The van der Waals surface area contributed by atoms with E-state index in [4.69, 9.17) is 11.6 Å². The van der Waals surface area contributed by atoms with Crippen molar-refractivity contribution in [1.82, 2.24) is 25.1 Å². The standard InChI is InChI=1S/C15H22ClN5/c1-4-7-18-13(12-6-8-17-10-19-12)9-14-15(16)11(5-2)20-21(14)3/h6,8,10,13,18H,4-5,7,9H2,1-3H3. The van der Waals surface area contributed by atoms with E-state index in [0.29, 0.717) is 0 Å². The van der Waals surface area contributed by atoms with E-state index in [1.807, 2.05) is 17.8 Å². The molecule has 6 heteroatoms. The fraction of sp³-hybridized carbons (Fsp3) is 0.533. The van der Waals surface area contributed by atoms with Crippen LogP contribution in [0.1, 0.15) is 43.4 Å². The molecule has 2 aromatic rings. The van der Waals surface area contributed by atoms with Gasteiger partial charge < -0.3 is 5.32 Å². The minimum Gasteiger partial charge on any atom is -0.308 e. The van der Waals surface area contributed by atoms with Gasteiger partial charge in [0.05, 0.1) is 28.1 Å². The first-order chi connectivity index (χ1) is 10.2. The van der Waals surface area contributed by atoms with Gasteiger partial charge >= 0.3 is 0 Å². The maximum Gasteiger partial charge on any atom is 0.115 e. The van der Waals surface area contributed by atoms with E-state index in [0.717, 1.165) is 47.9 Å². The predicted octanol–water partition coefficient (Wildman–Crippen LogP) is 2.71. The molecule has 0 amide bonds. The number of halogens is 1. The van der Waals surface area contributed by atoms with Gasteiger partial charge in [-0.2, -0.15) is 5.10 Å². The van der Waals surface area contributed by atoms with Gasteiger partial charge in [-0.3, -0.25) is 4.68 Å². The first-order valence-corrected chi connectivity index (χ1v) is 7.74. The van der Waals surface area contributed by atoms with E-state index in [-0.39, 0.29) is 6.04 Å². The van der Waals surface area contributed by atoms with Crippen molar-refractivity contribution in [3.05, 3.63) is 40.7 Å². The molecule has 0 aliphatic heterocycles. The second kappa shape index (κ2) is 7.52. The van der Waals surface area contributed by atoms with Crippen molar-refractivity contribution in [2.75, 3.05) is 6.54 Å². The quantitative estimate of drug-likeness (QED) is 0.854. The number of hydrogen-bond acceptors (Lipinski definition) is 4. The van der Waals surface area contributed by atoms with Crippen LogP contribution in [0.15, 0.2) is 18.6 Å². The monoisotopic (exact) mass is 307 g/mol. The second-order valence-electron chi connectivity index (χ2n) is 5.03. The molecular weight excluding hydrogens is 286 g/mol. The SMILES string of the molecule is CCCNC(Cc1c(Cl)c(CC)nn1C)c1ccncn1. The van der Waals surface area contributed by atoms with Gasteiger partial charge in [-0.15, -0.1) is 0 Å². The third kappa shape index (κ3) is 3.80. The third-order valence-corrected chi connectivity index (χ3v) is 3.94. The molecule has 0 fully saturated rings. The zero-order valence-electron chi connectivity index (χ0n) is 12.8. The molecule has 0 aliphatic carbocycles. The Morgan fingerprint density at radius 3 is 2.76 bits per heavy atom. The first kappa shape index (κ1) is 15.9. The summed E-state index contributed by atoms with van der Waals surface area (Å²) in [5, 5.41) is 8.78. The van der Waals surface area contributed by atoms with Gasteiger partial charge in [0.1, 0.15) is 6.33 Å². The molecule has 0 aromatic carbocycles. The number of rotatable bonds is 7. The van der Waals surface area contributed by atoms with Crippen LogP contribution in [0.4, 0.5) is 0 Å². The molecule has 5 nitrogen and oxygen atoms in total. The summed E-state index contributed by atoms with van der Waals surface area (Å²) in [4.78, 5) is 8.35. The fourth-order valence-electron chi connectivity index (χ4n) is 2.34. The summed E-state index contributed by atoms with van der Waals surface area (Å²) in [5.74, 6) is 0. The molecule has 1 N–H and O–H groups in total. The van der Waals surface area contributed by atoms with Crippen molar-refractivity contribution >= 4 is 11.6 Å². The van der Waals surface area contributed by atoms with Crippen molar-refractivity contribution in [1.29, 1.82) is 0 Å². The molecule has 2 heterocycles. The van der Waals surface area contributed by atoms with Crippen molar-refractivity contribution in [3.63, 3.8) is 0 Å². The van der Waals surface area contributed by atoms with Gasteiger partial charge in [0.25, 0.3) is 0 Å². The summed E-state index contributed by atoms with van der Waals surface area (Å²) in [6.07, 6.45) is 6.02. The number of nitrogens with one attached hydrogen (secondary N) is 1. The molecule has 0 saturated carbocycles. The van der Waals surface area contributed by atoms with E-state index in [9.17, 15) is 0 Å². The zero-order valence-corrected chi connectivity index (χ0v) is 13.6. The van der Waals surface area contributed by atoms with Crippen molar-refractivity contribution in [3.8, 4) is 0 Å². The van der Waals surface area contributed by atoms with Gasteiger partial charge in [-0.1, -0.05) is 25.4 Å². The minimum atomic E-state index is 0.116. The molecule has 0 spiro atoms. The molecule has 21 heavy (non-hydrogen) atoms. The highest BCUT2D eigenvalue weighted by Gasteiger charge is 2.19. The summed E-state index contributed by atoms with van der Waals surface area (Å²) >= 11 is 6.45. The van der Waals surface area contributed by atoms with Crippen LogP contribution in [-0.2, 0) is 19.9 Å². The van der Waals surface area contributed by atoms with Gasteiger partial charge in [-0.05, 0) is 25.5 Å². The maximum absolute atomic E-state index is 6.45. The minimum absolute atomic E-state index is 0.116. The summed E-state index contributed by atoms with van der Waals surface area (Å²) in [5.41, 5.74) is 2.97. The lowest BCUT2D eigenvalue weighted by Gasteiger charge is -2.18. The average Bonchev–Trinajstić information content (AvgIpc) is 2.79. The maximum atomic E-state index is 6.45. The highest BCUT2D eigenvalue weighted by molar-refractivity contribution is 6.31. The molecule has 1 atom stereocenters. The predicted molar refractivity (Wildman–Crippen MR) is 84.4 cm³/mol. The van der Waals surface area contributed by atoms with Gasteiger partial charge in [0.15, 0.2) is 0 Å². The molecule has 2 rings (SSSR count). The summed E-state index contributed by atoms with van der Waals surface area (Å²) in [6.45, 7) is 5.15. The molecule has 0 aliphatic rings. The van der Waals surface area contributed by atoms with Crippen LogP contribution in [0.2, 0.25) is 5.02 Å². The Bertz CT molecular complexity index is 567. The molecule has 0 bridgehead atoms. The van der Waals surface area contributed by atoms with E-state index < -0.39 is 0 Å². The van der Waals surface area contributed by atoms with Crippen molar-refractivity contribution in [2.24, 2.45) is 7.05 Å². The van der Waals surface area contributed by atoms with Crippen molar-refractivity contribution in [2.45, 2.75) is 39.2 Å². The molecule has 0 saturated heterocycles. The van der Waals surface area contributed by atoms with Crippen LogP contribution in [-0.4, -0.2) is 26.3 Å². The average molecular weight is 308 g/mol. The van der Waals surface area contributed by atoms with Gasteiger partial charge in [0, 0.05) is 19.7 Å². The molecule has 2 aromatic heterocycles. The summed E-state index contributed by atoms with van der Waals surface area (Å²) in [6, 6.07) is 2.06. The van der Waals surface area contributed by atoms with E-state index in [2.05, 4.69) is 34.2 Å². The van der Waals surface area contributed by atoms with E-state index in [1.165, 1.54) is 0 Å². The molecular formula is C15H22ClN5. The fourth-order valence-corrected chi connectivity index (χ4v) is 2.71. The number of hydrogen-bond donors (Lipinski definition) is 1. The Kier molecular flexibility index (Phi) is 5.70.